The Balaban J connectivity index is 1.52. The van der Waals surface area contributed by atoms with E-state index < -0.39 is 40.0 Å². The number of nitrogens with zero attached hydrogens (tertiary/aromatic N) is 4. The maximum absolute atomic E-state index is 15.7. The van der Waals surface area contributed by atoms with Gasteiger partial charge in [-0.15, -0.1) is 0 Å². The number of anilines is 1. The molecule has 2 aliphatic rings. The molecule has 4 heterocycles. The van der Waals surface area contributed by atoms with Gasteiger partial charge in [0.2, 0.25) is 0 Å². The fourth-order valence-corrected chi connectivity index (χ4v) is 5.48. The monoisotopic (exact) mass is 479 g/mol. The molecular weight excluding hydrogens is 459 g/mol. The zero-order valence-corrected chi connectivity index (χ0v) is 18.1. The summed E-state index contributed by atoms with van der Waals surface area (Å²) in [4.78, 5) is 14.2. The van der Waals surface area contributed by atoms with Gasteiger partial charge in [-0.3, -0.25) is 4.79 Å². The predicted octanol–water partition coefficient (Wildman–Crippen LogP) is 2.58. The van der Waals surface area contributed by atoms with Crippen LogP contribution in [-0.4, -0.2) is 54.1 Å². The summed E-state index contributed by atoms with van der Waals surface area (Å²) in [7, 11) is -4.03. The van der Waals surface area contributed by atoms with Crippen LogP contribution < -0.4 is 9.62 Å². The lowest BCUT2D eigenvalue weighted by molar-refractivity contribution is 0.0979. The van der Waals surface area contributed by atoms with E-state index in [4.69, 9.17) is 0 Å². The van der Waals surface area contributed by atoms with Crippen LogP contribution in [0.4, 0.5) is 18.9 Å². The van der Waals surface area contributed by atoms with Crippen molar-refractivity contribution in [3.63, 3.8) is 0 Å². The Labute approximate surface area is 187 Å². The summed E-state index contributed by atoms with van der Waals surface area (Å²) in [6.45, 7) is 0.487. The van der Waals surface area contributed by atoms with Crippen molar-refractivity contribution < 1.29 is 26.4 Å². The fraction of sp³-hybridized carbons (Fsp3) is 0.333. The van der Waals surface area contributed by atoms with Crippen molar-refractivity contribution in [1.82, 2.24) is 18.6 Å². The molecule has 3 aromatic rings. The molecular formula is C21H20F3N5O3S. The van der Waals surface area contributed by atoms with E-state index in [1.54, 1.807) is 6.07 Å². The molecule has 0 bridgehead atoms. The first-order chi connectivity index (χ1) is 15.7. The fourth-order valence-electron chi connectivity index (χ4n) is 4.26. The molecule has 0 radical (unpaired) electrons. The standard InChI is InChI=1S/C21H20F3N5O3S/c22-14-4-1-3-13(9-14)18-10-15(23)12-28(18)17-5-8-29-20(19(17)24)16(11-25-29)21(30)26-33(31,32)27-6-2-7-27/h1,3-5,8-9,11,15,18H,2,6-7,10,12H2,(H,26,30)/t15-,18?/m0/s1. The van der Waals surface area contributed by atoms with Crippen LogP contribution >= 0.6 is 0 Å². The van der Waals surface area contributed by atoms with E-state index in [1.807, 2.05) is 4.72 Å². The third-order valence-electron chi connectivity index (χ3n) is 6.02. The van der Waals surface area contributed by atoms with E-state index in [1.165, 1.54) is 35.4 Å². The van der Waals surface area contributed by atoms with E-state index >= 15 is 4.39 Å². The largest absolute Gasteiger partial charge is 0.359 e. The number of carbonyl (C=O) groups excluding carboxylic acids is 1. The summed E-state index contributed by atoms with van der Waals surface area (Å²) in [6, 6.07) is 6.50. The molecule has 0 saturated carbocycles. The molecule has 174 valence electrons. The van der Waals surface area contributed by atoms with Crippen molar-refractivity contribution in [3.8, 4) is 0 Å². The summed E-state index contributed by atoms with van der Waals surface area (Å²) in [5, 5.41) is 3.95. The lowest BCUT2D eigenvalue weighted by Gasteiger charge is -2.29. The van der Waals surface area contributed by atoms with Crippen molar-refractivity contribution in [1.29, 1.82) is 0 Å². The highest BCUT2D eigenvalue weighted by Gasteiger charge is 2.36. The molecule has 0 aliphatic carbocycles. The van der Waals surface area contributed by atoms with Gasteiger partial charge in [0.15, 0.2) is 5.82 Å². The second kappa shape index (κ2) is 8.03. The average molecular weight is 479 g/mol. The average Bonchev–Trinajstić information content (AvgIpc) is 3.30. The molecule has 2 atom stereocenters. The van der Waals surface area contributed by atoms with E-state index in [0.29, 0.717) is 25.1 Å². The van der Waals surface area contributed by atoms with Crippen molar-refractivity contribution in [2.45, 2.75) is 25.1 Å². The van der Waals surface area contributed by atoms with Gasteiger partial charge < -0.3 is 4.90 Å². The van der Waals surface area contributed by atoms with Gasteiger partial charge in [0.1, 0.15) is 17.5 Å². The van der Waals surface area contributed by atoms with E-state index in [0.717, 1.165) is 15.0 Å². The molecule has 1 amide bonds. The van der Waals surface area contributed by atoms with Crippen molar-refractivity contribution >= 4 is 27.3 Å². The number of hydrogen-bond donors (Lipinski definition) is 1. The second-order valence-corrected chi connectivity index (χ2v) is 9.78. The highest BCUT2D eigenvalue weighted by molar-refractivity contribution is 7.87. The third-order valence-corrected chi connectivity index (χ3v) is 7.50. The highest BCUT2D eigenvalue weighted by Crippen LogP contribution is 2.39. The maximum Gasteiger partial charge on any atom is 0.304 e. The Morgan fingerprint density at radius 3 is 2.67 bits per heavy atom. The maximum atomic E-state index is 15.7. The predicted molar refractivity (Wildman–Crippen MR) is 114 cm³/mol. The Morgan fingerprint density at radius 1 is 1.18 bits per heavy atom. The number of benzene rings is 1. The van der Waals surface area contributed by atoms with Crippen molar-refractivity contribution in [2.75, 3.05) is 24.5 Å². The topological polar surface area (TPSA) is 87.0 Å². The molecule has 1 aromatic carbocycles. The molecule has 1 unspecified atom stereocenters. The minimum absolute atomic E-state index is 0.0112. The van der Waals surface area contributed by atoms with Gasteiger partial charge in [-0.2, -0.15) is 17.8 Å². The molecule has 2 aliphatic heterocycles. The number of amides is 1. The van der Waals surface area contributed by atoms with Crippen LogP contribution in [0.15, 0.2) is 42.7 Å². The molecule has 0 spiro atoms. The lowest BCUT2D eigenvalue weighted by atomic mass is 10.0. The zero-order valence-electron chi connectivity index (χ0n) is 17.3. The molecule has 12 heteroatoms. The normalized spacial score (nSPS) is 21.4. The van der Waals surface area contributed by atoms with Crippen LogP contribution in [0.2, 0.25) is 0 Å². The molecule has 1 N–H and O–H groups in total. The number of carbonyl (C=O) groups is 1. The van der Waals surface area contributed by atoms with Crippen molar-refractivity contribution in [2.24, 2.45) is 0 Å². The molecule has 5 rings (SSSR count). The van der Waals surface area contributed by atoms with Crippen LogP contribution in [-0.2, 0) is 10.2 Å². The van der Waals surface area contributed by atoms with Gasteiger partial charge in [-0.1, -0.05) is 12.1 Å². The van der Waals surface area contributed by atoms with Gasteiger partial charge in [0, 0.05) is 32.3 Å². The van der Waals surface area contributed by atoms with E-state index in [2.05, 4.69) is 5.10 Å². The number of alkyl halides is 1. The lowest BCUT2D eigenvalue weighted by Crippen LogP contribution is -2.49. The molecule has 2 saturated heterocycles. The summed E-state index contributed by atoms with van der Waals surface area (Å²) >= 11 is 0. The van der Waals surface area contributed by atoms with E-state index in [9.17, 15) is 22.0 Å². The zero-order chi connectivity index (χ0) is 23.3. The number of aromatic nitrogens is 2. The first-order valence-electron chi connectivity index (χ1n) is 10.4. The minimum atomic E-state index is -4.03. The summed E-state index contributed by atoms with van der Waals surface area (Å²) in [5.74, 6) is -2.35. The smallest absolute Gasteiger partial charge is 0.304 e. The quantitative estimate of drug-likeness (QED) is 0.608. The molecule has 2 aromatic heterocycles. The summed E-state index contributed by atoms with van der Waals surface area (Å²) in [5.41, 5.74) is 0.0134. The number of nitrogens with one attached hydrogen (secondary N) is 1. The van der Waals surface area contributed by atoms with E-state index in [-0.39, 0.29) is 29.7 Å². The molecule has 8 nitrogen and oxygen atoms in total. The van der Waals surface area contributed by atoms with Gasteiger partial charge in [-0.25, -0.2) is 22.4 Å². The number of pyridine rings is 1. The Hall–Kier alpha value is -3.12. The minimum Gasteiger partial charge on any atom is -0.359 e. The van der Waals surface area contributed by atoms with Crippen molar-refractivity contribution in [3.05, 3.63) is 65.5 Å². The Morgan fingerprint density at radius 2 is 1.97 bits per heavy atom. The van der Waals surface area contributed by atoms with Crippen LogP contribution in [0.25, 0.3) is 5.52 Å². The van der Waals surface area contributed by atoms with Crippen LogP contribution in [0.1, 0.15) is 34.8 Å². The number of halogens is 3. The van der Waals surface area contributed by atoms with Gasteiger partial charge in [0.25, 0.3) is 5.91 Å². The van der Waals surface area contributed by atoms with Crippen LogP contribution in [0.3, 0.4) is 0 Å². The SMILES string of the molecule is O=C(NS(=O)(=O)N1CCC1)c1cnn2ccc(N3C[C@@H](F)CC3c3cccc(F)c3)c(F)c12. The summed E-state index contributed by atoms with van der Waals surface area (Å²) < 4.78 is 72.5. The second-order valence-electron chi connectivity index (χ2n) is 8.11. The van der Waals surface area contributed by atoms with Crippen LogP contribution in [0, 0.1) is 11.6 Å². The Kier molecular flexibility index (Phi) is 5.28. The summed E-state index contributed by atoms with van der Waals surface area (Å²) in [6.07, 6.45) is 1.97. The van der Waals surface area contributed by atoms with Gasteiger partial charge in [0.05, 0.1) is 23.5 Å². The first kappa shape index (κ1) is 21.7. The van der Waals surface area contributed by atoms with Gasteiger partial charge in [-0.05, 0) is 30.2 Å². The third kappa shape index (κ3) is 3.82. The Bertz CT molecular complexity index is 1340. The van der Waals surface area contributed by atoms with Gasteiger partial charge >= 0.3 is 10.2 Å². The number of rotatable bonds is 5. The molecule has 33 heavy (non-hydrogen) atoms. The first-order valence-corrected chi connectivity index (χ1v) is 11.8. The van der Waals surface area contributed by atoms with Crippen LogP contribution in [0.5, 0.6) is 0 Å². The molecule has 2 fully saturated rings. The number of fused-ring (bicyclic) bond motifs is 1. The number of hydrogen-bond acceptors (Lipinski definition) is 5. The highest BCUT2D eigenvalue weighted by atomic mass is 32.2.